The van der Waals surface area contributed by atoms with Gasteiger partial charge in [0, 0.05) is 11.3 Å². The summed E-state index contributed by atoms with van der Waals surface area (Å²) >= 11 is 7.28. The van der Waals surface area contributed by atoms with E-state index in [9.17, 15) is 9.59 Å². The van der Waals surface area contributed by atoms with Gasteiger partial charge in [0.1, 0.15) is 17.1 Å². The number of hydrogen-bond donors (Lipinski definition) is 1. The lowest BCUT2D eigenvalue weighted by Crippen LogP contribution is -2.68. The van der Waals surface area contributed by atoms with Gasteiger partial charge in [0.25, 0.3) is 0 Å². The van der Waals surface area contributed by atoms with Gasteiger partial charge in [-0.25, -0.2) is 4.79 Å². The van der Waals surface area contributed by atoms with Gasteiger partial charge >= 0.3 is 5.97 Å². The zero-order valence-corrected chi connectivity index (χ0v) is 17.0. The number of fused-ring (bicyclic) bond motifs is 1. The summed E-state index contributed by atoms with van der Waals surface area (Å²) < 4.78 is 5.96. The molecule has 0 saturated carbocycles. The van der Waals surface area contributed by atoms with E-state index in [1.165, 1.54) is 22.2 Å². The van der Waals surface area contributed by atoms with Gasteiger partial charge in [-0.2, -0.15) is 0 Å². The third kappa shape index (κ3) is 3.71. The highest BCUT2D eigenvalue weighted by Crippen LogP contribution is 2.41. The number of hydrogen-bond acceptors (Lipinski definition) is 5. The van der Waals surface area contributed by atoms with E-state index in [0.717, 1.165) is 11.1 Å². The Morgan fingerprint density at radius 2 is 1.72 bits per heavy atom. The predicted molar refractivity (Wildman–Crippen MR) is 114 cm³/mol. The molecule has 2 heterocycles. The molecule has 2 aliphatic rings. The number of carbonyl (C=O) groups excluding carboxylic acids is 2. The minimum atomic E-state index is -0.608. The molecule has 0 bridgehead atoms. The van der Waals surface area contributed by atoms with E-state index in [0.29, 0.717) is 11.3 Å². The van der Waals surface area contributed by atoms with Crippen molar-refractivity contribution in [1.82, 2.24) is 4.90 Å². The smallest absolute Gasteiger partial charge is 0.356 e. The van der Waals surface area contributed by atoms with Crippen LogP contribution in [0, 0.1) is 0 Å². The minimum Gasteiger partial charge on any atom is -0.448 e. The molecule has 0 spiro atoms. The average molecular weight is 427 g/mol. The van der Waals surface area contributed by atoms with Crippen molar-refractivity contribution < 1.29 is 14.3 Å². The summed E-state index contributed by atoms with van der Waals surface area (Å²) in [7, 11) is 0. The van der Waals surface area contributed by atoms with Gasteiger partial charge < -0.3 is 10.5 Å². The SMILES string of the molecule is NC1C(=O)N2C(C(=O)OC(c3ccccc3)c3ccccc3)=C(C=CCl)CSC12. The Labute approximate surface area is 178 Å². The quantitative estimate of drug-likeness (QED) is 0.584. The van der Waals surface area contributed by atoms with Crippen LogP contribution in [0.25, 0.3) is 0 Å². The number of esters is 1. The second-order valence-electron chi connectivity index (χ2n) is 6.71. The maximum atomic E-state index is 13.3. The van der Waals surface area contributed by atoms with Crippen LogP contribution in [0.5, 0.6) is 0 Å². The van der Waals surface area contributed by atoms with Crippen LogP contribution in [0.15, 0.2) is 83.5 Å². The van der Waals surface area contributed by atoms with Crippen molar-refractivity contribution in [1.29, 1.82) is 0 Å². The number of halogens is 1. The Balaban J connectivity index is 1.70. The molecule has 0 aromatic heterocycles. The number of β-lactam (4-membered cyclic amide) rings is 1. The lowest BCUT2D eigenvalue weighted by Gasteiger charge is -2.48. The summed E-state index contributed by atoms with van der Waals surface area (Å²) in [6, 6.07) is 18.4. The third-order valence-corrected chi connectivity index (χ3v) is 6.38. The Kier molecular flexibility index (Phi) is 5.76. The number of carbonyl (C=O) groups is 2. The third-order valence-electron chi connectivity index (χ3n) is 4.93. The van der Waals surface area contributed by atoms with Crippen LogP contribution in [-0.2, 0) is 14.3 Å². The zero-order chi connectivity index (χ0) is 20.4. The van der Waals surface area contributed by atoms with Crippen molar-refractivity contribution in [2.75, 3.05) is 5.75 Å². The first-order valence-electron chi connectivity index (χ1n) is 9.13. The minimum absolute atomic E-state index is 0.217. The molecular weight excluding hydrogens is 408 g/mol. The molecule has 2 unspecified atom stereocenters. The van der Waals surface area contributed by atoms with Gasteiger partial charge in [0.15, 0.2) is 6.10 Å². The molecule has 1 fully saturated rings. The van der Waals surface area contributed by atoms with E-state index in [4.69, 9.17) is 22.1 Å². The normalized spacial score (nSPS) is 21.3. The fourth-order valence-corrected chi connectivity index (χ4v) is 4.90. The number of amides is 1. The molecule has 0 radical (unpaired) electrons. The number of benzene rings is 2. The van der Waals surface area contributed by atoms with Crippen LogP contribution < -0.4 is 5.73 Å². The van der Waals surface area contributed by atoms with Crippen molar-refractivity contribution in [2.24, 2.45) is 5.73 Å². The van der Waals surface area contributed by atoms with E-state index in [2.05, 4.69) is 0 Å². The standard InChI is InChI=1S/C22H19ClN2O3S/c23-12-11-16-13-29-21-17(24)20(26)25(21)18(16)22(27)28-19(14-7-3-1-4-8-14)15-9-5-2-6-10-15/h1-12,17,19,21H,13,24H2. The van der Waals surface area contributed by atoms with Gasteiger partial charge in [-0.1, -0.05) is 72.3 Å². The first kappa shape index (κ1) is 19.8. The fraction of sp³-hybridized carbons (Fsp3) is 0.182. The molecule has 1 saturated heterocycles. The van der Waals surface area contributed by atoms with Crippen LogP contribution in [0.3, 0.4) is 0 Å². The highest BCUT2D eigenvalue weighted by atomic mass is 35.5. The molecule has 2 aromatic rings. The van der Waals surface area contributed by atoms with Crippen molar-refractivity contribution in [2.45, 2.75) is 17.5 Å². The van der Waals surface area contributed by atoms with Crippen LogP contribution >= 0.6 is 23.4 Å². The van der Waals surface area contributed by atoms with E-state index in [1.807, 2.05) is 60.7 Å². The number of nitrogens with zero attached hydrogens (tertiary/aromatic N) is 1. The molecule has 7 heteroatoms. The summed E-state index contributed by atoms with van der Waals surface area (Å²) in [5, 5.41) is -0.260. The summed E-state index contributed by atoms with van der Waals surface area (Å²) in [5.41, 5.74) is 9.79. The van der Waals surface area contributed by atoms with E-state index in [1.54, 1.807) is 6.08 Å². The van der Waals surface area contributed by atoms with Crippen molar-refractivity contribution in [3.05, 3.63) is 94.7 Å². The second-order valence-corrected chi connectivity index (χ2v) is 8.07. The molecular formula is C22H19ClN2O3S. The summed E-state index contributed by atoms with van der Waals surface area (Å²) in [6.07, 6.45) is 1.02. The first-order chi connectivity index (χ1) is 14.1. The Morgan fingerprint density at radius 3 is 2.28 bits per heavy atom. The van der Waals surface area contributed by atoms with Gasteiger partial charge in [0.05, 0.1) is 0 Å². The summed E-state index contributed by atoms with van der Waals surface area (Å²) in [5.74, 6) is -0.333. The number of allylic oxidation sites excluding steroid dienone is 1. The lowest BCUT2D eigenvalue weighted by molar-refractivity contribution is -0.153. The first-order valence-corrected chi connectivity index (χ1v) is 10.6. The van der Waals surface area contributed by atoms with Crippen molar-refractivity contribution in [3.8, 4) is 0 Å². The van der Waals surface area contributed by atoms with Gasteiger partial charge in [-0.3, -0.25) is 9.69 Å². The van der Waals surface area contributed by atoms with Crippen molar-refractivity contribution >= 4 is 35.2 Å². The molecule has 4 rings (SSSR count). The summed E-state index contributed by atoms with van der Waals surface area (Å²) in [6.45, 7) is 0. The van der Waals surface area contributed by atoms with E-state index < -0.39 is 18.1 Å². The molecule has 1 amide bonds. The van der Waals surface area contributed by atoms with Crippen LogP contribution in [0.4, 0.5) is 0 Å². The summed E-state index contributed by atoms with van der Waals surface area (Å²) in [4.78, 5) is 27.1. The zero-order valence-electron chi connectivity index (χ0n) is 15.4. The Bertz CT molecular complexity index is 939. The molecule has 29 heavy (non-hydrogen) atoms. The van der Waals surface area contributed by atoms with E-state index >= 15 is 0 Å². The van der Waals surface area contributed by atoms with Crippen LogP contribution in [0.1, 0.15) is 17.2 Å². The number of ether oxygens (including phenoxy) is 1. The highest BCUT2D eigenvalue weighted by molar-refractivity contribution is 8.00. The molecule has 0 aliphatic carbocycles. The maximum absolute atomic E-state index is 13.3. The molecule has 2 N–H and O–H groups in total. The molecule has 148 valence electrons. The van der Waals surface area contributed by atoms with Crippen LogP contribution in [-0.4, -0.2) is 33.9 Å². The van der Waals surface area contributed by atoms with E-state index in [-0.39, 0.29) is 17.0 Å². The maximum Gasteiger partial charge on any atom is 0.356 e. The van der Waals surface area contributed by atoms with Crippen molar-refractivity contribution in [3.63, 3.8) is 0 Å². The largest absolute Gasteiger partial charge is 0.448 e. The van der Waals surface area contributed by atoms with Gasteiger partial charge in [-0.05, 0) is 22.8 Å². The number of rotatable bonds is 5. The molecule has 2 aromatic carbocycles. The topological polar surface area (TPSA) is 72.6 Å². The molecule has 2 atom stereocenters. The van der Waals surface area contributed by atoms with Crippen LogP contribution in [0.2, 0.25) is 0 Å². The lowest BCUT2D eigenvalue weighted by atomic mass is 10.0. The Morgan fingerprint density at radius 1 is 1.14 bits per heavy atom. The number of thioether (sulfide) groups is 1. The molecule has 5 nitrogen and oxygen atoms in total. The average Bonchev–Trinajstić information content (AvgIpc) is 2.77. The number of nitrogens with two attached hydrogens (primary N) is 1. The molecule has 2 aliphatic heterocycles. The Hall–Kier alpha value is -2.54. The second kappa shape index (κ2) is 8.45. The predicted octanol–water partition coefficient (Wildman–Crippen LogP) is 3.57. The monoisotopic (exact) mass is 426 g/mol. The van der Waals surface area contributed by atoms with Gasteiger partial charge in [0.2, 0.25) is 5.91 Å². The van der Waals surface area contributed by atoms with Gasteiger partial charge in [-0.15, -0.1) is 11.8 Å². The fourth-order valence-electron chi connectivity index (χ4n) is 3.48. The highest BCUT2D eigenvalue weighted by Gasteiger charge is 2.52.